The molecule has 0 saturated carbocycles. The average Bonchev–Trinajstić information content (AvgIpc) is 3.42. The van der Waals surface area contributed by atoms with Crippen molar-refractivity contribution in [1.82, 2.24) is 14.8 Å². The molecule has 0 unspecified atom stereocenters. The lowest BCUT2D eigenvalue weighted by atomic mass is 9.91. The topological polar surface area (TPSA) is 80.5 Å². The Labute approximate surface area is 236 Å². The highest BCUT2D eigenvalue weighted by molar-refractivity contribution is 7.22. The van der Waals surface area contributed by atoms with Crippen molar-refractivity contribution in [3.63, 3.8) is 0 Å². The number of nitrogens with zero attached hydrogens (tertiary/aromatic N) is 4. The second-order valence-corrected chi connectivity index (χ2v) is 12.3. The lowest BCUT2D eigenvalue weighted by molar-refractivity contribution is -0.160. The Hall–Kier alpha value is -3.46. The average molecular weight is 563 g/mol. The molecule has 5 rings (SSSR count). The SMILES string of the molecule is Cc1cc2nc(-c3ccc4c(N(C)C)nn(C)c4c3)sc2c(-c2ccc(Cl)cc2)c1[C@H](OC(C)(C)C)C(=O)O. The zero-order valence-electron chi connectivity index (χ0n) is 23.0. The predicted molar refractivity (Wildman–Crippen MR) is 160 cm³/mol. The van der Waals surface area contributed by atoms with Crippen molar-refractivity contribution in [1.29, 1.82) is 0 Å². The van der Waals surface area contributed by atoms with Crippen molar-refractivity contribution in [3.05, 3.63) is 64.7 Å². The van der Waals surface area contributed by atoms with Crippen molar-refractivity contribution < 1.29 is 14.6 Å². The van der Waals surface area contributed by atoms with Gasteiger partial charge in [-0.15, -0.1) is 11.3 Å². The number of benzene rings is 3. The van der Waals surface area contributed by atoms with E-state index in [1.165, 1.54) is 0 Å². The number of ether oxygens (including phenoxy) is 1. The van der Waals surface area contributed by atoms with Crippen LogP contribution in [0.25, 0.3) is 42.8 Å². The zero-order valence-corrected chi connectivity index (χ0v) is 24.6. The number of thiazole rings is 1. The molecular weight excluding hydrogens is 532 g/mol. The Morgan fingerprint density at radius 2 is 1.77 bits per heavy atom. The highest BCUT2D eigenvalue weighted by atomic mass is 35.5. The second-order valence-electron chi connectivity index (χ2n) is 10.9. The third-order valence-corrected chi connectivity index (χ3v) is 7.91. The van der Waals surface area contributed by atoms with E-state index < -0.39 is 17.7 Å². The number of hydrogen-bond acceptors (Lipinski definition) is 6. The summed E-state index contributed by atoms with van der Waals surface area (Å²) in [5.74, 6) is -0.127. The molecule has 7 nitrogen and oxygen atoms in total. The summed E-state index contributed by atoms with van der Waals surface area (Å²) in [5, 5.41) is 17.5. The molecule has 1 atom stereocenters. The van der Waals surface area contributed by atoms with Crippen molar-refractivity contribution >= 4 is 55.8 Å². The molecule has 9 heteroatoms. The van der Waals surface area contributed by atoms with Crippen LogP contribution in [0.1, 0.15) is 38.0 Å². The van der Waals surface area contributed by atoms with E-state index in [2.05, 4.69) is 23.3 Å². The summed E-state index contributed by atoms with van der Waals surface area (Å²) < 4.78 is 8.90. The fourth-order valence-corrected chi connectivity index (χ4v) is 6.11. The first kappa shape index (κ1) is 27.1. The second kappa shape index (κ2) is 9.93. The van der Waals surface area contributed by atoms with E-state index in [9.17, 15) is 9.90 Å². The molecule has 0 bridgehead atoms. The van der Waals surface area contributed by atoms with Crippen LogP contribution in [0, 0.1) is 6.92 Å². The maximum atomic E-state index is 12.6. The van der Waals surface area contributed by atoms with Gasteiger partial charge in [0.15, 0.2) is 11.9 Å². The summed E-state index contributed by atoms with van der Waals surface area (Å²) in [4.78, 5) is 19.6. The van der Waals surface area contributed by atoms with Gasteiger partial charge in [-0.25, -0.2) is 9.78 Å². The Morgan fingerprint density at radius 1 is 1.10 bits per heavy atom. The number of aliphatic carboxylic acids is 1. The molecule has 0 fully saturated rings. The van der Waals surface area contributed by atoms with Crippen LogP contribution in [0.5, 0.6) is 0 Å². The number of fused-ring (bicyclic) bond motifs is 2. The maximum absolute atomic E-state index is 12.6. The fraction of sp³-hybridized carbons (Fsp3) is 0.300. The number of rotatable bonds is 6. The zero-order chi connectivity index (χ0) is 28.2. The van der Waals surface area contributed by atoms with Gasteiger partial charge in [0.05, 0.1) is 21.3 Å². The molecule has 0 saturated heterocycles. The first-order valence-electron chi connectivity index (χ1n) is 12.6. The Kier molecular flexibility index (Phi) is 6.91. The molecular formula is C30H31ClN4O3S. The van der Waals surface area contributed by atoms with E-state index in [-0.39, 0.29) is 0 Å². The molecule has 2 aromatic heterocycles. The van der Waals surface area contributed by atoms with E-state index >= 15 is 0 Å². The van der Waals surface area contributed by atoms with E-state index in [4.69, 9.17) is 21.3 Å². The molecule has 5 aromatic rings. The summed E-state index contributed by atoms with van der Waals surface area (Å²) in [6.07, 6.45) is -1.15. The number of carboxylic acid groups (broad SMARTS) is 1. The molecule has 0 aliphatic carbocycles. The standard InChI is InChI=1S/C30H31ClN4O3S/c1-16-14-21-26(39-28(32-21)18-10-13-20-22(15-18)35(7)33-27(20)34(5)6)24(17-8-11-19(31)12-9-17)23(16)25(29(36)37)38-30(2,3)4/h8-15,25H,1-7H3,(H,36,37)/t25-/m0/s1. The number of carboxylic acids is 1. The highest BCUT2D eigenvalue weighted by Crippen LogP contribution is 2.44. The molecule has 202 valence electrons. The van der Waals surface area contributed by atoms with Gasteiger partial charge < -0.3 is 14.7 Å². The predicted octanol–water partition coefficient (Wildman–Crippen LogP) is 7.49. The van der Waals surface area contributed by atoms with E-state index in [1.54, 1.807) is 11.3 Å². The monoisotopic (exact) mass is 562 g/mol. The van der Waals surface area contributed by atoms with Crippen LogP contribution >= 0.6 is 22.9 Å². The number of aryl methyl sites for hydroxylation is 2. The molecule has 0 aliphatic heterocycles. The van der Waals surface area contributed by atoms with Gasteiger partial charge in [0, 0.05) is 48.2 Å². The molecule has 2 heterocycles. The first-order chi connectivity index (χ1) is 18.3. The Balaban J connectivity index is 1.76. The van der Waals surface area contributed by atoms with Crippen molar-refractivity contribution in [2.45, 2.75) is 39.4 Å². The molecule has 0 aliphatic rings. The normalized spacial score (nSPS) is 12.8. The van der Waals surface area contributed by atoms with Crippen molar-refractivity contribution in [2.75, 3.05) is 19.0 Å². The van der Waals surface area contributed by atoms with Crippen molar-refractivity contribution in [2.24, 2.45) is 7.05 Å². The van der Waals surface area contributed by atoms with Gasteiger partial charge in [-0.05, 0) is 69.2 Å². The van der Waals surface area contributed by atoms with Gasteiger partial charge in [-0.1, -0.05) is 29.8 Å². The van der Waals surface area contributed by atoms with Crippen LogP contribution in [0.15, 0.2) is 48.5 Å². The molecule has 0 radical (unpaired) electrons. The summed E-state index contributed by atoms with van der Waals surface area (Å²) in [5.41, 5.74) is 5.22. The number of anilines is 1. The number of carbonyl (C=O) groups is 1. The third-order valence-electron chi connectivity index (χ3n) is 6.52. The van der Waals surface area contributed by atoms with Gasteiger partial charge in [0.25, 0.3) is 0 Å². The number of hydrogen-bond donors (Lipinski definition) is 1. The Bertz CT molecular complexity index is 1710. The van der Waals surface area contributed by atoms with Gasteiger partial charge >= 0.3 is 5.97 Å². The smallest absolute Gasteiger partial charge is 0.337 e. The van der Waals surface area contributed by atoms with Crippen LogP contribution in [0.3, 0.4) is 0 Å². The molecule has 0 spiro atoms. The van der Waals surface area contributed by atoms with E-state index in [0.29, 0.717) is 10.6 Å². The highest BCUT2D eigenvalue weighted by Gasteiger charge is 2.32. The maximum Gasteiger partial charge on any atom is 0.337 e. The van der Waals surface area contributed by atoms with Crippen LogP contribution < -0.4 is 4.90 Å². The van der Waals surface area contributed by atoms with Crippen LogP contribution in [-0.4, -0.2) is 45.5 Å². The minimum atomic E-state index is -1.15. The largest absolute Gasteiger partial charge is 0.479 e. The summed E-state index contributed by atoms with van der Waals surface area (Å²) in [7, 11) is 5.90. The number of halogens is 1. The number of aromatic nitrogens is 3. The summed E-state index contributed by atoms with van der Waals surface area (Å²) in [6.45, 7) is 7.50. The van der Waals surface area contributed by atoms with Gasteiger partial charge in [0.1, 0.15) is 5.01 Å². The minimum Gasteiger partial charge on any atom is -0.479 e. The van der Waals surface area contributed by atoms with Crippen LogP contribution in [0.2, 0.25) is 5.02 Å². The van der Waals surface area contributed by atoms with E-state index in [1.807, 2.05) is 88.8 Å². The van der Waals surface area contributed by atoms with Gasteiger partial charge in [-0.2, -0.15) is 5.10 Å². The van der Waals surface area contributed by atoms with Crippen LogP contribution in [0.4, 0.5) is 5.82 Å². The first-order valence-corrected chi connectivity index (χ1v) is 13.8. The summed E-state index contributed by atoms with van der Waals surface area (Å²) in [6, 6.07) is 15.7. The fourth-order valence-electron chi connectivity index (χ4n) is 4.86. The van der Waals surface area contributed by atoms with Crippen LogP contribution in [-0.2, 0) is 16.6 Å². The molecule has 3 aromatic carbocycles. The minimum absolute atomic E-state index is 0.608. The van der Waals surface area contributed by atoms with Crippen molar-refractivity contribution in [3.8, 4) is 21.7 Å². The molecule has 39 heavy (non-hydrogen) atoms. The molecule has 0 amide bonds. The third kappa shape index (κ3) is 5.12. The van der Waals surface area contributed by atoms with E-state index in [0.717, 1.165) is 54.2 Å². The Morgan fingerprint density at radius 3 is 2.38 bits per heavy atom. The van der Waals surface area contributed by atoms with Gasteiger partial charge in [0.2, 0.25) is 0 Å². The lowest BCUT2D eigenvalue weighted by Gasteiger charge is -2.28. The lowest BCUT2D eigenvalue weighted by Crippen LogP contribution is -2.28. The van der Waals surface area contributed by atoms with Gasteiger partial charge in [-0.3, -0.25) is 4.68 Å². The summed E-state index contributed by atoms with van der Waals surface area (Å²) >= 11 is 7.76. The quantitative estimate of drug-likeness (QED) is 0.231. The molecule has 1 N–H and O–H groups in total.